The third-order valence-corrected chi connectivity index (χ3v) is 5.18. The molecule has 0 spiro atoms. The van der Waals surface area contributed by atoms with Crippen LogP contribution in [0, 0.1) is 5.82 Å². The van der Waals surface area contributed by atoms with Crippen molar-refractivity contribution in [3.05, 3.63) is 65.5 Å². The molecule has 3 rings (SSSR count). The molecule has 0 amide bonds. The molecule has 1 saturated carbocycles. The average molecular weight is 302 g/mol. The molecular weight excluding hydrogens is 283 g/mol. The van der Waals surface area contributed by atoms with Gasteiger partial charge in [-0.1, -0.05) is 30.7 Å². The van der Waals surface area contributed by atoms with E-state index >= 15 is 0 Å². The average Bonchev–Trinajstić information content (AvgIpc) is 2.45. The van der Waals surface area contributed by atoms with Gasteiger partial charge in [0.15, 0.2) is 0 Å². The van der Waals surface area contributed by atoms with Gasteiger partial charge >= 0.3 is 0 Å². The Morgan fingerprint density at radius 3 is 2.57 bits per heavy atom. The third kappa shape index (κ3) is 3.66. The minimum Gasteiger partial charge on any atom is -0.388 e. The Morgan fingerprint density at radius 1 is 1.14 bits per heavy atom. The monoisotopic (exact) mass is 302 g/mol. The second-order valence-corrected chi connectivity index (χ2v) is 6.67. The van der Waals surface area contributed by atoms with Gasteiger partial charge in [0, 0.05) is 10.6 Å². The first-order valence-corrected chi connectivity index (χ1v) is 8.37. The molecule has 1 aliphatic carbocycles. The van der Waals surface area contributed by atoms with Crippen molar-refractivity contribution in [3.8, 4) is 0 Å². The van der Waals surface area contributed by atoms with Crippen LogP contribution in [0.5, 0.6) is 0 Å². The number of halogens is 1. The largest absolute Gasteiger partial charge is 0.388 e. The fraction of sp³-hybridized carbons (Fsp3) is 0.333. The van der Waals surface area contributed by atoms with Crippen molar-refractivity contribution >= 4 is 11.8 Å². The summed E-state index contributed by atoms with van der Waals surface area (Å²) in [6.45, 7) is 0. The molecule has 3 heteroatoms. The Bertz CT molecular complexity index is 592. The zero-order valence-electron chi connectivity index (χ0n) is 11.8. The molecule has 0 heterocycles. The molecule has 0 aliphatic heterocycles. The number of aliphatic hydroxyl groups is 1. The first-order chi connectivity index (χ1) is 10.2. The second kappa shape index (κ2) is 6.63. The zero-order valence-corrected chi connectivity index (χ0v) is 12.7. The molecule has 1 nitrogen and oxygen atoms in total. The highest BCUT2D eigenvalue weighted by Gasteiger charge is 2.20. The van der Waals surface area contributed by atoms with Crippen LogP contribution in [0.1, 0.15) is 42.4 Å². The van der Waals surface area contributed by atoms with Gasteiger partial charge in [-0.2, -0.15) is 0 Å². The Balaban J connectivity index is 1.62. The molecule has 2 aromatic rings. The van der Waals surface area contributed by atoms with Crippen molar-refractivity contribution in [2.24, 2.45) is 0 Å². The molecule has 1 N–H and O–H groups in total. The van der Waals surface area contributed by atoms with E-state index in [1.807, 2.05) is 12.1 Å². The van der Waals surface area contributed by atoms with Gasteiger partial charge in [0.1, 0.15) is 5.82 Å². The van der Waals surface area contributed by atoms with Crippen molar-refractivity contribution in [1.29, 1.82) is 0 Å². The molecule has 0 bridgehead atoms. The fourth-order valence-corrected chi connectivity index (χ4v) is 3.44. The molecule has 0 saturated heterocycles. The van der Waals surface area contributed by atoms with Gasteiger partial charge in [-0.25, -0.2) is 4.39 Å². The van der Waals surface area contributed by atoms with Crippen LogP contribution in [0.4, 0.5) is 4.39 Å². The lowest BCUT2D eigenvalue weighted by Gasteiger charge is -2.26. The van der Waals surface area contributed by atoms with Gasteiger partial charge in [-0.3, -0.25) is 0 Å². The van der Waals surface area contributed by atoms with E-state index in [4.69, 9.17) is 0 Å². The van der Waals surface area contributed by atoms with E-state index in [-0.39, 0.29) is 5.82 Å². The summed E-state index contributed by atoms with van der Waals surface area (Å²) >= 11 is 1.55. The molecule has 0 aromatic heterocycles. The zero-order chi connectivity index (χ0) is 14.7. The number of thioether (sulfide) groups is 1. The molecule has 1 aliphatic rings. The van der Waals surface area contributed by atoms with Crippen LogP contribution in [0.2, 0.25) is 0 Å². The van der Waals surface area contributed by atoms with Gasteiger partial charge in [-0.15, -0.1) is 11.8 Å². The maximum Gasteiger partial charge on any atom is 0.123 e. The van der Waals surface area contributed by atoms with Crippen LogP contribution in [0.25, 0.3) is 0 Å². The summed E-state index contributed by atoms with van der Waals surface area (Å²) in [6, 6.07) is 14.7. The highest BCUT2D eigenvalue weighted by atomic mass is 32.2. The van der Waals surface area contributed by atoms with Crippen molar-refractivity contribution in [2.75, 3.05) is 5.75 Å². The Morgan fingerprint density at radius 2 is 1.90 bits per heavy atom. The van der Waals surface area contributed by atoms with Crippen LogP contribution in [-0.4, -0.2) is 10.9 Å². The molecule has 1 fully saturated rings. The lowest BCUT2D eigenvalue weighted by atomic mass is 9.79. The summed E-state index contributed by atoms with van der Waals surface area (Å²) in [6.07, 6.45) is 3.37. The maximum atomic E-state index is 12.9. The van der Waals surface area contributed by atoms with Gasteiger partial charge in [0.05, 0.1) is 6.10 Å². The summed E-state index contributed by atoms with van der Waals surface area (Å²) in [7, 11) is 0. The van der Waals surface area contributed by atoms with Gasteiger partial charge in [0.2, 0.25) is 0 Å². The topological polar surface area (TPSA) is 20.2 Å². The van der Waals surface area contributed by atoms with Crippen molar-refractivity contribution in [2.45, 2.75) is 36.2 Å². The quantitative estimate of drug-likeness (QED) is 0.791. The molecule has 1 atom stereocenters. The first kappa shape index (κ1) is 14.6. The van der Waals surface area contributed by atoms with E-state index in [2.05, 4.69) is 12.1 Å². The highest BCUT2D eigenvalue weighted by Crippen LogP contribution is 2.37. The van der Waals surface area contributed by atoms with Crippen molar-refractivity contribution in [3.63, 3.8) is 0 Å². The summed E-state index contributed by atoms with van der Waals surface area (Å²) in [5, 5.41) is 10.3. The minimum atomic E-state index is -0.486. The lowest BCUT2D eigenvalue weighted by molar-refractivity contribution is 0.204. The molecule has 2 aromatic carbocycles. The number of rotatable bonds is 5. The van der Waals surface area contributed by atoms with Gasteiger partial charge in [0.25, 0.3) is 0 Å². The lowest BCUT2D eigenvalue weighted by Crippen LogP contribution is -2.10. The third-order valence-electron chi connectivity index (χ3n) is 4.09. The molecule has 1 unspecified atom stereocenters. The van der Waals surface area contributed by atoms with E-state index < -0.39 is 6.10 Å². The summed E-state index contributed by atoms with van der Waals surface area (Å²) in [5.41, 5.74) is 2.33. The van der Waals surface area contributed by atoms with Crippen LogP contribution >= 0.6 is 11.8 Å². The number of hydrogen-bond acceptors (Lipinski definition) is 2. The molecule has 21 heavy (non-hydrogen) atoms. The summed E-state index contributed by atoms with van der Waals surface area (Å²) < 4.78 is 12.9. The van der Waals surface area contributed by atoms with Crippen LogP contribution < -0.4 is 0 Å². The SMILES string of the molecule is OC(CSc1ccc(F)cc1)c1cccc(C2CCC2)c1. The van der Waals surface area contributed by atoms with E-state index in [1.165, 1.54) is 37.0 Å². The molecule has 110 valence electrons. The highest BCUT2D eigenvalue weighted by molar-refractivity contribution is 7.99. The summed E-state index contributed by atoms with van der Waals surface area (Å²) in [4.78, 5) is 0.977. The Hall–Kier alpha value is -1.32. The molecular formula is C18H19FOS. The van der Waals surface area contributed by atoms with E-state index in [1.54, 1.807) is 23.9 Å². The second-order valence-electron chi connectivity index (χ2n) is 5.58. The van der Waals surface area contributed by atoms with Crippen LogP contribution in [0.3, 0.4) is 0 Å². The molecule has 0 radical (unpaired) electrons. The van der Waals surface area contributed by atoms with Crippen molar-refractivity contribution < 1.29 is 9.50 Å². The van der Waals surface area contributed by atoms with Crippen LogP contribution in [0.15, 0.2) is 53.4 Å². The Kier molecular flexibility index (Phi) is 4.61. The predicted molar refractivity (Wildman–Crippen MR) is 85.1 cm³/mol. The number of aliphatic hydroxyl groups excluding tert-OH is 1. The van der Waals surface area contributed by atoms with Crippen LogP contribution in [-0.2, 0) is 0 Å². The Labute approximate surface area is 129 Å². The van der Waals surface area contributed by atoms with E-state index in [0.29, 0.717) is 11.7 Å². The standard InChI is InChI=1S/C18H19FOS/c19-16-7-9-17(10-8-16)21-12-18(20)15-6-2-5-14(11-15)13-3-1-4-13/h2,5-11,13,18,20H,1,3-4,12H2. The van der Waals surface area contributed by atoms with Gasteiger partial charge in [-0.05, 0) is 54.2 Å². The fourth-order valence-electron chi connectivity index (χ4n) is 2.56. The van der Waals surface area contributed by atoms with Gasteiger partial charge < -0.3 is 5.11 Å². The summed E-state index contributed by atoms with van der Waals surface area (Å²) in [5.74, 6) is 1.04. The number of hydrogen-bond donors (Lipinski definition) is 1. The number of benzene rings is 2. The smallest absolute Gasteiger partial charge is 0.123 e. The van der Waals surface area contributed by atoms with E-state index in [9.17, 15) is 9.50 Å². The van der Waals surface area contributed by atoms with Crippen molar-refractivity contribution in [1.82, 2.24) is 0 Å². The predicted octanol–water partition coefficient (Wildman–Crippen LogP) is 4.92. The maximum absolute atomic E-state index is 12.9. The normalized spacial score (nSPS) is 16.5. The van der Waals surface area contributed by atoms with E-state index in [0.717, 1.165) is 10.5 Å². The minimum absolute atomic E-state index is 0.229. The first-order valence-electron chi connectivity index (χ1n) is 7.38.